The molecule has 6 heteroatoms. The number of ether oxygens (including phenoxy) is 1. The van der Waals surface area contributed by atoms with Gasteiger partial charge < -0.3 is 21.0 Å². The highest BCUT2D eigenvalue weighted by Gasteiger charge is 2.37. The quantitative estimate of drug-likeness (QED) is 0.273. The predicted octanol–water partition coefficient (Wildman–Crippen LogP) is 0.444. The van der Waals surface area contributed by atoms with Gasteiger partial charge in [0, 0.05) is 13.7 Å². The summed E-state index contributed by atoms with van der Waals surface area (Å²) in [6, 6.07) is 0. The molecule has 1 saturated carbocycles. The number of methoxy groups -OCH3 is 1. The zero-order valence-corrected chi connectivity index (χ0v) is 10.4. The largest absolute Gasteiger partial charge is 0.409 e. The van der Waals surface area contributed by atoms with E-state index in [0.717, 1.165) is 19.3 Å². The van der Waals surface area contributed by atoms with E-state index >= 15 is 0 Å². The van der Waals surface area contributed by atoms with Gasteiger partial charge in [-0.15, -0.1) is 0 Å². The van der Waals surface area contributed by atoms with Crippen LogP contribution < -0.4 is 11.1 Å². The van der Waals surface area contributed by atoms with Gasteiger partial charge in [-0.2, -0.15) is 0 Å². The summed E-state index contributed by atoms with van der Waals surface area (Å²) in [6.45, 7) is 2.30. The Morgan fingerprint density at radius 1 is 1.65 bits per heavy atom. The molecule has 0 spiro atoms. The highest BCUT2D eigenvalue weighted by atomic mass is 16.5. The van der Waals surface area contributed by atoms with Crippen molar-refractivity contribution in [2.24, 2.45) is 16.8 Å². The van der Waals surface area contributed by atoms with Crippen LogP contribution in [0.15, 0.2) is 5.16 Å². The number of nitrogens with zero attached hydrogens (tertiary/aromatic N) is 1. The highest BCUT2D eigenvalue weighted by molar-refractivity contribution is 6.02. The Hall–Kier alpha value is -1.30. The van der Waals surface area contributed by atoms with E-state index in [9.17, 15) is 4.79 Å². The summed E-state index contributed by atoms with van der Waals surface area (Å²) in [4.78, 5) is 11.8. The molecule has 0 aromatic rings. The Morgan fingerprint density at radius 3 is 2.65 bits per heavy atom. The van der Waals surface area contributed by atoms with Gasteiger partial charge in [-0.3, -0.25) is 4.79 Å². The van der Waals surface area contributed by atoms with E-state index < -0.39 is 5.92 Å². The Kier molecular flexibility index (Phi) is 4.74. The van der Waals surface area contributed by atoms with Gasteiger partial charge >= 0.3 is 0 Å². The lowest BCUT2D eigenvalue weighted by Gasteiger charge is -2.40. The molecule has 6 nitrogen and oxygen atoms in total. The number of rotatable bonds is 6. The van der Waals surface area contributed by atoms with Crippen LogP contribution in [0.5, 0.6) is 0 Å². The van der Waals surface area contributed by atoms with Crippen molar-refractivity contribution in [1.29, 1.82) is 0 Å². The number of hydrogen-bond donors (Lipinski definition) is 3. The lowest BCUT2D eigenvalue weighted by atomic mass is 9.80. The minimum atomic E-state index is -0.575. The topological polar surface area (TPSA) is 96.9 Å². The fourth-order valence-corrected chi connectivity index (χ4v) is 1.99. The van der Waals surface area contributed by atoms with Crippen LogP contribution in [-0.4, -0.2) is 36.2 Å². The molecule has 1 aliphatic carbocycles. The van der Waals surface area contributed by atoms with Gasteiger partial charge in [0.05, 0.1) is 11.5 Å². The Labute approximate surface area is 101 Å². The van der Waals surface area contributed by atoms with Crippen molar-refractivity contribution < 1.29 is 14.7 Å². The molecule has 1 aliphatic rings. The number of carbonyl (C=O) groups is 1. The molecule has 4 N–H and O–H groups in total. The first-order valence-corrected chi connectivity index (χ1v) is 5.89. The van der Waals surface area contributed by atoms with Gasteiger partial charge in [-0.25, -0.2) is 0 Å². The van der Waals surface area contributed by atoms with E-state index in [-0.39, 0.29) is 17.3 Å². The maximum Gasteiger partial charge on any atom is 0.230 e. The van der Waals surface area contributed by atoms with Crippen molar-refractivity contribution in [2.45, 2.75) is 38.2 Å². The lowest BCUT2D eigenvalue weighted by molar-refractivity contribution is -0.126. The molecule has 1 rings (SSSR count). The van der Waals surface area contributed by atoms with Gasteiger partial charge in [0.25, 0.3) is 0 Å². The Morgan fingerprint density at radius 2 is 2.29 bits per heavy atom. The molecule has 0 aromatic carbocycles. The van der Waals surface area contributed by atoms with Gasteiger partial charge in [-0.1, -0.05) is 12.1 Å². The van der Waals surface area contributed by atoms with Crippen LogP contribution >= 0.6 is 0 Å². The van der Waals surface area contributed by atoms with Crippen LogP contribution in [0.2, 0.25) is 0 Å². The van der Waals surface area contributed by atoms with Crippen molar-refractivity contribution in [1.82, 2.24) is 5.32 Å². The molecule has 1 fully saturated rings. The summed E-state index contributed by atoms with van der Waals surface area (Å²) in [6.07, 6.45) is 3.55. The van der Waals surface area contributed by atoms with Crippen LogP contribution in [0, 0.1) is 5.92 Å². The average molecular weight is 243 g/mol. The first-order chi connectivity index (χ1) is 8.08. The summed E-state index contributed by atoms with van der Waals surface area (Å²) < 4.78 is 5.40. The molecule has 17 heavy (non-hydrogen) atoms. The third kappa shape index (κ3) is 3.09. The van der Waals surface area contributed by atoms with Crippen LogP contribution in [-0.2, 0) is 9.53 Å². The molecular formula is C11H21N3O3. The molecule has 0 saturated heterocycles. The van der Waals surface area contributed by atoms with Crippen molar-refractivity contribution in [3.05, 3.63) is 0 Å². The van der Waals surface area contributed by atoms with E-state index in [0.29, 0.717) is 13.0 Å². The van der Waals surface area contributed by atoms with Gasteiger partial charge in [0.2, 0.25) is 5.91 Å². The smallest absolute Gasteiger partial charge is 0.230 e. The second kappa shape index (κ2) is 5.86. The molecule has 0 aromatic heterocycles. The van der Waals surface area contributed by atoms with Gasteiger partial charge in [-0.05, 0) is 25.7 Å². The normalized spacial score (nSPS) is 20.5. The minimum absolute atomic E-state index is 0.0509. The molecule has 1 atom stereocenters. The SMILES string of the molecule is CCC(C(=O)NCC1(OC)CCC1)C(N)=NO. The lowest BCUT2D eigenvalue weighted by Crippen LogP contribution is -2.51. The molecule has 98 valence electrons. The summed E-state index contributed by atoms with van der Waals surface area (Å²) in [5, 5.41) is 14.3. The molecule has 0 heterocycles. The maximum absolute atomic E-state index is 11.8. The number of nitrogens with two attached hydrogens (primary N) is 1. The standard InChI is InChI=1S/C11H21N3O3/c1-3-8(9(12)14-16)10(15)13-7-11(17-2)5-4-6-11/h8,16H,3-7H2,1-2H3,(H2,12,14)(H,13,15). The van der Waals surface area contributed by atoms with E-state index in [1.165, 1.54) is 0 Å². The van der Waals surface area contributed by atoms with E-state index in [1.807, 2.05) is 6.92 Å². The number of oxime groups is 1. The van der Waals surface area contributed by atoms with E-state index in [4.69, 9.17) is 15.7 Å². The van der Waals surface area contributed by atoms with Crippen molar-refractivity contribution in [3.8, 4) is 0 Å². The fourth-order valence-electron chi connectivity index (χ4n) is 1.99. The first kappa shape index (κ1) is 13.8. The Bertz CT molecular complexity index is 295. The maximum atomic E-state index is 11.8. The third-order valence-electron chi connectivity index (χ3n) is 3.48. The zero-order valence-electron chi connectivity index (χ0n) is 10.4. The molecular weight excluding hydrogens is 222 g/mol. The second-order valence-corrected chi connectivity index (χ2v) is 4.44. The van der Waals surface area contributed by atoms with Crippen LogP contribution in [0.4, 0.5) is 0 Å². The molecule has 1 amide bonds. The highest BCUT2D eigenvalue weighted by Crippen LogP contribution is 2.34. The number of amides is 1. The fraction of sp³-hybridized carbons (Fsp3) is 0.818. The number of nitrogens with one attached hydrogen (secondary N) is 1. The number of amidine groups is 1. The van der Waals surface area contributed by atoms with E-state index in [2.05, 4.69) is 10.5 Å². The van der Waals surface area contributed by atoms with Crippen LogP contribution in [0.1, 0.15) is 32.6 Å². The second-order valence-electron chi connectivity index (χ2n) is 4.44. The van der Waals surface area contributed by atoms with Crippen molar-refractivity contribution in [3.63, 3.8) is 0 Å². The third-order valence-corrected chi connectivity index (χ3v) is 3.48. The summed E-state index contributed by atoms with van der Waals surface area (Å²) in [5.41, 5.74) is 5.25. The summed E-state index contributed by atoms with van der Waals surface area (Å²) >= 11 is 0. The number of hydrogen-bond acceptors (Lipinski definition) is 4. The van der Waals surface area contributed by atoms with Gasteiger partial charge in [0.1, 0.15) is 0 Å². The molecule has 0 aliphatic heterocycles. The molecule has 1 unspecified atom stereocenters. The van der Waals surface area contributed by atoms with Crippen LogP contribution in [0.25, 0.3) is 0 Å². The predicted molar refractivity (Wildman–Crippen MR) is 63.8 cm³/mol. The summed E-state index contributed by atoms with van der Waals surface area (Å²) in [5.74, 6) is -0.842. The molecule has 0 bridgehead atoms. The number of carbonyl (C=O) groups excluding carboxylic acids is 1. The van der Waals surface area contributed by atoms with Crippen molar-refractivity contribution in [2.75, 3.05) is 13.7 Å². The Balaban J connectivity index is 2.48. The zero-order chi connectivity index (χ0) is 12.9. The van der Waals surface area contributed by atoms with Gasteiger partial charge in [0.15, 0.2) is 5.84 Å². The average Bonchev–Trinajstić information content (AvgIpc) is 2.29. The van der Waals surface area contributed by atoms with E-state index in [1.54, 1.807) is 7.11 Å². The molecule has 0 radical (unpaired) electrons. The van der Waals surface area contributed by atoms with Crippen LogP contribution in [0.3, 0.4) is 0 Å². The minimum Gasteiger partial charge on any atom is -0.409 e. The summed E-state index contributed by atoms with van der Waals surface area (Å²) in [7, 11) is 1.66. The first-order valence-electron chi connectivity index (χ1n) is 5.89. The van der Waals surface area contributed by atoms with Crippen molar-refractivity contribution >= 4 is 11.7 Å². The monoisotopic (exact) mass is 243 g/mol.